The molecule has 1 aliphatic rings. The highest BCUT2D eigenvalue weighted by Gasteiger charge is 2.31. The number of nitro benzene ring substituents is 1. The van der Waals surface area contributed by atoms with Crippen molar-refractivity contribution < 1.29 is 23.2 Å². The first-order valence-electron chi connectivity index (χ1n) is 6.61. The van der Waals surface area contributed by atoms with Crippen LogP contribution in [0.1, 0.15) is 11.3 Å². The van der Waals surface area contributed by atoms with Crippen LogP contribution in [0, 0.1) is 15.3 Å². The van der Waals surface area contributed by atoms with Crippen LogP contribution in [0.3, 0.4) is 0 Å². The molecule has 0 saturated carbocycles. The highest BCUT2D eigenvalue weighted by atomic mass is 19.3. The molecule has 0 bridgehead atoms. The standard InChI is InChI=1S/C15H10F2N2O4/c16-15(17)14-8-10(12-3-1-2-6-18(12)20)11-7-9(19(21)22)4-5-13(11)23-14/h1-8,14-15H. The third kappa shape index (κ3) is 2.70. The predicted octanol–water partition coefficient (Wildman–Crippen LogP) is 2.69. The molecule has 8 heteroatoms. The number of nitrogens with zero attached hydrogens (tertiary/aromatic N) is 2. The maximum Gasteiger partial charge on any atom is 0.278 e. The molecule has 0 aliphatic carbocycles. The molecule has 3 rings (SSSR count). The van der Waals surface area contributed by atoms with Gasteiger partial charge in [0.05, 0.1) is 10.5 Å². The van der Waals surface area contributed by atoms with Crippen LogP contribution >= 0.6 is 0 Å². The van der Waals surface area contributed by atoms with E-state index in [-0.39, 0.29) is 28.3 Å². The first-order chi connectivity index (χ1) is 11.0. The molecule has 1 atom stereocenters. The fourth-order valence-electron chi connectivity index (χ4n) is 2.36. The lowest BCUT2D eigenvalue weighted by Gasteiger charge is -2.24. The Labute approximate surface area is 129 Å². The Kier molecular flexibility index (Phi) is 3.65. The number of ether oxygens (including phenoxy) is 1. The highest BCUT2D eigenvalue weighted by molar-refractivity contribution is 5.82. The molecule has 1 aliphatic heterocycles. The van der Waals surface area contributed by atoms with E-state index in [0.29, 0.717) is 4.73 Å². The van der Waals surface area contributed by atoms with E-state index < -0.39 is 17.5 Å². The number of rotatable bonds is 3. The lowest BCUT2D eigenvalue weighted by molar-refractivity contribution is -0.608. The molecule has 0 fully saturated rings. The first-order valence-corrected chi connectivity index (χ1v) is 6.61. The SMILES string of the molecule is O=[N+]([O-])c1ccc2c(c1)C(c1cccc[n+]1[O-])=CC(C(F)F)O2. The van der Waals surface area contributed by atoms with Gasteiger partial charge in [-0.15, -0.1) is 0 Å². The molecule has 1 aromatic carbocycles. The Hall–Kier alpha value is -3.03. The zero-order valence-corrected chi connectivity index (χ0v) is 11.6. The summed E-state index contributed by atoms with van der Waals surface area (Å²) >= 11 is 0. The summed E-state index contributed by atoms with van der Waals surface area (Å²) < 4.78 is 31.8. The molecule has 0 N–H and O–H groups in total. The Morgan fingerprint density at radius 2 is 2.04 bits per heavy atom. The van der Waals surface area contributed by atoms with E-state index in [1.807, 2.05) is 0 Å². The van der Waals surface area contributed by atoms with E-state index in [4.69, 9.17) is 4.74 Å². The van der Waals surface area contributed by atoms with Gasteiger partial charge in [-0.2, -0.15) is 4.73 Å². The zero-order chi connectivity index (χ0) is 16.6. The van der Waals surface area contributed by atoms with Crippen LogP contribution in [0.15, 0.2) is 48.7 Å². The van der Waals surface area contributed by atoms with Crippen molar-refractivity contribution in [3.63, 3.8) is 0 Å². The summed E-state index contributed by atoms with van der Waals surface area (Å²) in [5, 5.41) is 22.9. The maximum absolute atomic E-state index is 13.0. The van der Waals surface area contributed by atoms with Crippen molar-refractivity contribution in [1.82, 2.24) is 0 Å². The van der Waals surface area contributed by atoms with Crippen LogP contribution < -0.4 is 9.47 Å². The number of benzene rings is 1. The molecule has 2 aromatic rings. The summed E-state index contributed by atoms with van der Waals surface area (Å²) in [6.45, 7) is 0. The largest absolute Gasteiger partial charge is 0.618 e. The van der Waals surface area contributed by atoms with Gasteiger partial charge in [0.2, 0.25) is 5.69 Å². The number of non-ortho nitro benzene ring substituents is 1. The molecule has 118 valence electrons. The molecule has 0 amide bonds. The van der Waals surface area contributed by atoms with Gasteiger partial charge in [-0.05, 0) is 18.2 Å². The van der Waals surface area contributed by atoms with Gasteiger partial charge in [-0.25, -0.2) is 8.78 Å². The quantitative estimate of drug-likeness (QED) is 0.377. The van der Waals surface area contributed by atoms with E-state index >= 15 is 0 Å². The van der Waals surface area contributed by atoms with Crippen molar-refractivity contribution in [1.29, 1.82) is 0 Å². The van der Waals surface area contributed by atoms with Crippen LogP contribution in [-0.4, -0.2) is 17.5 Å². The van der Waals surface area contributed by atoms with E-state index in [1.165, 1.54) is 36.5 Å². The molecule has 23 heavy (non-hydrogen) atoms. The second-order valence-electron chi connectivity index (χ2n) is 4.85. The summed E-state index contributed by atoms with van der Waals surface area (Å²) in [7, 11) is 0. The average Bonchev–Trinajstić information content (AvgIpc) is 2.53. The second kappa shape index (κ2) is 5.64. The van der Waals surface area contributed by atoms with Gasteiger partial charge < -0.3 is 9.94 Å². The molecule has 0 radical (unpaired) electrons. The monoisotopic (exact) mass is 320 g/mol. The first kappa shape index (κ1) is 14.9. The van der Waals surface area contributed by atoms with Gasteiger partial charge in [0.25, 0.3) is 12.1 Å². The van der Waals surface area contributed by atoms with E-state index in [2.05, 4.69) is 0 Å². The van der Waals surface area contributed by atoms with Crippen LogP contribution in [0.5, 0.6) is 5.75 Å². The topological polar surface area (TPSA) is 79.3 Å². The molecule has 0 saturated heterocycles. The normalized spacial score (nSPS) is 16.5. The predicted molar refractivity (Wildman–Crippen MR) is 76.0 cm³/mol. The van der Waals surface area contributed by atoms with E-state index in [0.717, 1.165) is 6.08 Å². The fraction of sp³-hybridized carbons (Fsp3) is 0.133. The van der Waals surface area contributed by atoms with Crippen molar-refractivity contribution in [2.24, 2.45) is 0 Å². The minimum atomic E-state index is -2.79. The molecule has 0 spiro atoms. The maximum atomic E-state index is 13.0. The number of pyridine rings is 1. The van der Waals surface area contributed by atoms with Gasteiger partial charge in [0.1, 0.15) is 5.75 Å². The van der Waals surface area contributed by atoms with Crippen molar-refractivity contribution in [3.8, 4) is 5.75 Å². The van der Waals surface area contributed by atoms with Crippen LogP contribution in [-0.2, 0) is 0 Å². The van der Waals surface area contributed by atoms with Crippen molar-refractivity contribution >= 4 is 11.3 Å². The van der Waals surface area contributed by atoms with Crippen LogP contribution in [0.25, 0.3) is 5.57 Å². The fourth-order valence-corrected chi connectivity index (χ4v) is 2.36. The molecule has 1 unspecified atom stereocenters. The number of aromatic nitrogens is 1. The number of hydrogen-bond donors (Lipinski definition) is 0. The summed E-state index contributed by atoms with van der Waals surface area (Å²) in [6.07, 6.45) is -1.99. The molecular formula is C15H10F2N2O4. The van der Waals surface area contributed by atoms with Gasteiger partial charge >= 0.3 is 0 Å². The number of nitro groups is 1. The van der Waals surface area contributed by atoms with Gasteiger partial charge in [-0.1, -0.05) is 0 Å². The molecule has 1 aromatic heterocycles. The second-order valence-corrected chi connectivity index (χ2v) is 4.85. The van der Waals surface area contributed by atoms with Crippen molar-refractivity contribution in [3.05, 3.63) is 75.3 Å². The lowest BCUT2D eigenvalue weighted by atomic mass is 9.96. The number of halogens is 2. The van der Waals surface area contributed by atoms with Crippen molar-refractivity contribution in [2.45, 2.75) is 12.5 Å². The van der Waals surface area contributed by atoms with Gasteiger partial charge in [-0.3, -0.25) is 10.1 Å². The van der Waals surface area contributed by atoms with Gasteiger partial charge in [0, 0.05) is 29.8 Å². The van der Waals surface area contributed by atoms with E-state index in [1.54, 1.807) is 6.07 Å². The minimum absolute atomic E-state index is 0.0715. The van der Waals surface area contributed by atoms with Crippen molar-refractivity contribution in [2.75, 3.05) is 0 Å². The minimum Gasteiger partial charge on any atom is -0.618 e. The lowest BCUT2D eigenvalue weighted by Crippen LogP contribution is -2.33. The summed E-state index contributed by atoms with van der Waals surface area (Å²) in [6, 6.07) is 8.16. The summed E-state index contributed by atoms with van der Waals surface area (Å²) in [5.41, 5.74) is 0.299. The number of alkyl halides is 2. The molecule has 2 heterocycles. The Bertz CT molecular complexity index is 808. The van der Waals surface area contributed by atoms with Gasteiger partial charge in [0.15, 0.2) is 12.3 Å². The third-order valence-corrected chi connectivity index (χ3v) is 3.41. The summed E-state index contributed by atoms with van der Waals surface area (Å²) in [5.74, 6) is 0.0715. The average molecular weight is 320 g/mol. The Morgan fingerprint density at radius 1 is 1.26 bits per heavy atom. The van der Waals surface area contributed by atoms with Crippen LogP contribution in [0.4, 0.5) is 14.5 Å². The zero-order valence-electron chi connectivity index (χ0n) is 11.6. The number of hydrogen-bond acceptors (Lipinski definition) is 4. The Balaban J connectivity index is 2.20. The third-order valence-electron chi connectivity index (χ3n) is 3.41. The highest BCUT2D eigenvalue weighted by Crippen LogP contribution is 2.38. The molecule has 6 nitrogen and oxygen atoms in total. The Morgan fingerprint density at radius 3 is 2.70 bits per heavy atom. The van der Waals surface area contributed by atoms with E-state index in [9.17, 15) is 24.1 Å². The van der Waals surface area contributed by atoms with Crippen LogP contribution in [0.2, 0.25) is 0 Å². The molecular weight excluding hydrogens is 310 g/mol. The smallest absolute Gasteiger partial charge is 0.278 e. The number of fused-ring (bicyclic) bond motifs is 1. The summed E-state index contributed by atoms with van der Waals surface area (Å²) in [4.78, 5) is 10.3.